The predicted molar refractivity (Wildman–Crippen MR) is 180 cm³/mol. The summed E-state index contributed by atoms with van der Waals surface area (Å²) in [5, 5.41) is 13.2. The highest BCUT2D eigenvalue weighted by Crippen LogP contribution is 2.28. The minimum Gasteiger partial charge on any atom is -0.488 e. The van der Waals surface area contributed by atoms with Crippen LogP contribution in [0.5, 0.6) is 5.75 Å². The summed E-state index contributed by atoms with van der Waals surface area (Å²) >= 11 is 11.0. The van der Waals surface area contributed by atoms with E-state index in [2.05, 4.69) is 67.1 Å². The first-order valence-corrected chi connectivity index (χ1v) is 15.4. The predicted octanol–water partition coefficient (Wildman–Crippen LogP) is 9.47. The standard InChI is InChI=1S/C34H24BrClN4O2S/c35-28-11-16-32(42-20-22-5-6-23-3-1-2-4-26(23)17-22)27(18-28)19-37-40-33(41)25-9-7-24(8-10-25)31-21-43-34(39-31)38-30-14-12-29(36)13-15-30/h1-19,21H,20H2,(H,38,39)(H,40,41)/b37-19-. The fraction of sp³-hybridized carbons (Fsp3) is 0.0294. The second-order valence-corrected chi connectivity index (χ2v) is 11.8. The molecule has 5 aromatic carbocycles. The summed E-state index contributed by atoms with van der Waals surface area (Å²) in [6.07, 6.45) is 1.58. The zero-order valence-electron chi connectivity index (χ0n) is 22.6. The molecular formula is C34H24BrClN4O2S. The number of hydrogen-bond acceptors (Lipinski definition) is 6. The third kappa shape index (κ3) is 7.29. The first-order valence-electron chi connectivity index (χ1n) is 13.3. The van der Waals surface area contributed by atoms with Gasteiger partial charge >= 0.3 is 0 Å². The number of hydrogen-bond donors (Lipinski definition) is 2. The van der Waals surface area contributed by atoms with Gasteiger partial charge in [-0.25, -0.2) is 10.4 Å². The van der Waals surface area contributed by atoms with Gasteiger partial charge in [0.05, 0.1) is 11.9 Å². The Balaban J connectivity index is 1.07. The van der Waals surface area contributed by atoms with Gasteiger partial charge in [-0.2, -0.15) is 5.10 Å². The molecule has 0 atom stereocenters. The second kappa shape index (κ2) is 13.2. The first-order chi connectivity index (χ1) is 21.0. The normalized spacial score (nSPS) is 11.1. The van der Waals surface area contributed by atoms with E-state index >= 15 is 0 Å². The molecule has 212 valence electrons. The monoisotopic (exact) mass is 666 g/mol. The molecule has 0 bridgehead atoms. The smallest absolute Gasteiger partial charge is 0.271 e. The Bertz CT molecular complexity index is 1920. The first kappa shape index (κ1) is 28.6. The fourth-order valence-corrected chi connectivity index (χ4v) is 5.62. The van der Waals surface area contributed by atoms with Crippen LogP contribution in [0.25, 0.3) is 22.0 Å². The lowest BCUT2D eigenvalue weighted by atomic mass is 10.1. The number of halogens is 2. The Morgan fingerprint density at radius 1 is 0.930 bits per heavy atom. The van der Waals surface area contributed by atoms with E-state index in [1.807, 2.05) is 72.1 Å². The highest BCUT2D eigenvalue weighted by Gasteiger charge is 2.09. The molecular weight excluding hydrogens is 644 g/mol. The molecule has 0 unspecified atom stereocenters. The molecule has 6 nitrogen and oxygen atoms in total. The Labute approximate surface area is 266 Å². The summed E-state index contributed by atoms with van der Waals surface area (Å²) in [5.74, 6) is 0.340. The molecule has 0 aliphatic carbocycles. The van der Waals surface area contributed by atoms with Crippen LogP contribution in [0.2, 0.25) is 5.02 Å². The van der Waals surface area contributed by atoms with Crippen LogP contribution in [0.3, 0.4) is 0 Å². The maximum atomic E-state index is 12.8. The number of fused-ring (bicyclic) bond motifs is 1. The number of hydrazone groups is 1. The Morgan fingerprint density at radius 2 is 1.72 bits per heavy atom. The molecule has 0 saturated heterocycles. The van der Waals surface area contributed by atoms with E-state index in [1.165, 1.54) is 22.1 Å². The van der Waals surface area contributed by atoms with Crippen molar-refractivity contribution in [2.75, 3.05) is 5.32 Å². The van der Waals surface area contributed by atoms with E-state index in [0.29, 0.717) is 22.9 Å². The highest BCUT2D eigenvalue weighted by molar-refractivity contribution is 9.10. The van der Waals surface area contributed by atoms with E-state index in [-0.39, 0.29) is 5.91 Å². The van der Waals surface area contributed by atoms with Crippen molar-refractivity contribution in [3.63, 3.8) is 0 Å². The summed E-state index contributed by atoms with van der Waals surface area (Å²) < 4.78 is 7.00. The molecule has 9 heteroatoms. The Hall–Kier alpha value is -4.50. The van der Waals surface area contributed by atoms with Crippen LogP contribution in [-0.4, -0.2) is 17.1 Å². The van der Waals surface area contributed by atoms with Crippen molar-refractivity contribution in [1.82, 2.24) is 10.4 Å². The van der Waals surface area contributed by atoms with E-state index in [4.69, 9.17) is 16.3 Å². The minimum atomic E-state index is -0.320. The van der Waals surface area contributed by atoms with Crippen molar-refractivity contribution in [2.24, 2.45) is 5.10 Å². The number of thiazole rings is 1. The number of carbonyl (C=O) groups is 1. The number of benzene rings is 5. The van der Waals surface area contributed by atoms with Crippen LogP contribution < -0.4 is 15.5 Å². The number of anilines is 2. The lowest BCUT2D eigenvalue weighted by Gasteiger charge is -2.10. The number of rotatable bonds is 9. The molecule has 0 aliphatic heterocycles. The summed E-state index contributed by atoms with van der Waals surface area (Å²) in [6, 6.07) is 34.9. The second-order valence-electron chi connectivity index (χ2n) is 9.60. The highest BCUT2D eigenvalue weighted by atomic mass is 79.9. The zero-order valence-corrected chi connectivity index (χ0v) is 25.8. The van der Waals surface area contributed by atoms with Gasteiger partial charge < -0.3 is 10.1 Å². The number of aromatic nitrogens is 1. The van der Waals surface area contributed by atoms with Crippen LogP contribution in [-0.2, 0) is 6.61 Å². The SMILES string of the molecule is O=C(N/N=C\c1cc(Br)ccc1OCc1ccc2ccccc2c1)c1ccc(-c2csc(Nc3ccc(Cl)cc3)n2)cc1. The van der Waals surface area contributed by atoms with Crippen LogP contribution in [0.15, 0.2) is 124 Å². The van der Waals surface area contributed by atoms with E-state index < -0.39 is 0 Å². The largest absolute Gasteiger partial charge is 0.488 e. The molecule has 1 heterocycles. The number of carbonyl (C=O) groups excluding carboxylic acids is 1. The Kier molecular flexibility index (Phi) is 8.79. The summed E-state index contributed by atoms with van der Waals surface area (Å²) in [7, 11) is 0. The van der Waals surface area contributed by atoms with Gasteiger partial charge in [-0.1, -0.05) is 76.1 Å². The van der Waals surface area contributed by atoms with Crippen molar-refractivity contribution in [3.05, 3.63) is 141 Å². The van der Waals surface area contributed by atoms with Crippen LogP contribution in [0.4, 0.5) is 10.8 Å². The van der Waals surface area contributed by atoms with E-state index in [1.54, 1.807) is 18.3 Å². The topological polar surface area (TPSA) is 75.6 Å². The molecule has 0 saturated carbocycles. The van der Waals surface area contributed by atoms with Crippen LogP contribution in [0.1, 0.15) is 21.5 Å². The van der Waals surface area contributed by atoms with Gasteiger partial charge in [-0.3, -0.25) is 4.79 Å². The van der Waals surface area contributed by atoms with Gasteiger partial charge in [-0.05, 0) is 77.0 Å². The van der Waals surface area contributed by atoms with Gasteiger partial charge in [0, 0.05) is 37.3 Å². The molecule has 1 aromatic heterocycles. The number of nitrogens with zero attached hydrogens (tertiary/aromatic N) is 2. The van der Waals surface area contributed by atoms with E-state index in [0.717, 1.165) is 37.7 Å². The van der Waals surface area contributed by atoms with Gasteiger partial charge in [0.25, 0.3) is 5.91 Å². The quantitative estimate of drug-likeness (QED) is 0.119. The van der Waals surface area contributed by atoms with E-state index in [9.17, 15) is 4.79 Å². The maximum Gasteiger partial charge on any atom is 0.271 e. The maximum absolute atomic E-state index is 12.8. The van der Waals surface area contributed by atoms with Crippen molar-refractivity contribution >= 4 is 72.6 Å². The van der Waals surface area contributed by atoms with Gasteiger partial charge in [-0.15, -0.1) is 11.3 Å². The minimum absolute atomic E-state index is 0.320. The van der Waals surface area contributed by atoms with Crippen molar-refractivity contribution in [2.45, 2.75) is 6.61 Å². The molecule has 6 rings (SSSR count). The summed E-state index contributed by atoms with van der Waals surface area (Å²) in [4.78, 5) is 17.4. The number of amides is 1. The van der Waals surface area contributed by atoms with Gasteiger partial charge in [0.2, 0.25) is 0 Å². The molecule has 2 N–H and O–H groups in total. The number of ether oxygens (including phenoxy) is 1. The van der Waals surface area contributed by atoms with Crippen molar-refractivity contribution in [1.29, 1.82) is 0 Å². The fourth-order valence-electron chi connectivity index (χ4n) is 4.38. The molecule has 0 aliphatic rings. The average Bonchev–Trinajstić information content (AvgIpc) is 3.50. The molecule has 0 spiro atoms. The lowest BCUT2D eigenvalue weighted by molar-refractivity contribution is 0.0955. The molecule has 0 radical (unpaired) electrons. The van der Waals surface area contributed by atoms with Crippen LogP contribution >= 0.6 is 38.9 Å². The zero-order chi connectivity index (χ0) is 29.6. The number of nitrogens with one attached hydrogen (secondary N) is 2. The summed E-state index contributed by atoms with van der Waals surface area (Å²) in [5.41, 5.74) is 7.52. The van der Waals surface area contributed by atoms with Gasteiger partial charge in [0.1, 0.15) is 12.4 Å². The molecule has 43 heavy (non-hydrogen) atoms. The Morgan fingerprint density at radius 3 is 2.53 bits per heavy atom. The molecule has 0 fully saturated rings. The average molecular weight is 668 g/mol. The third-order valence-electron chi connectivity index (χ3n) is 6.59. The molecule has 6 aromatic rings. The van der Waals surface area contributed by atoms with Gasteiger partial charge in [0.15, 0.2) is 5.13 Å². The van der Waals surface area contributed by atoms with Crippen molar-refractivity contribution in [3.8, 4) is 17.0 Å². The molecule has 1 amide bonds. The third-order valence-corrected chi connectivity index (χ3v) is 8.10. The lowest BCUT2D eigenvalue weighted by Crippen LogP contribution is -2.17. The summed E-state index contributed by atoms with van der Waals surface area (Å²) in [6.45, 7) is 0.406. The van der Waals surface area contributed by atoms with Crippen LogP contribution in [0, 0.1) is 0 Å². The van der Waals surface area contributed by atoms with Crippen molar-refractivity contribution < 1.29 is 9.53 Å².